The van der Waals surface area contributed by atoms with Crippen LogP contribution < -0.4 is 35.3 Å². The zero-order valence-electron chi connectivity index (χ0n) is 66.2. The Labute approximate surface area is 702 Å². The number of sulfone groups is 2. The minimum Gasteiger partial charge on any atom is -0.497 e. The molecule has 12 rings (SSSR count). The number of hydrogen-bond acceptors (Lipinski definition) is 21. The van der Waals surface area contributed by atoms with Gasteiger partial charge in [-0.15, -0.1) is 13.2 Å². The molecule has 4 N–H and O–H groups in total. The molecule has 2 saturated carbocycles. The normalized spacial score (nSPS) is 20.6. The molecule has 0 bridgehead atoms. The van der Waals surface area contributed by atoms with E-state index in [-0.39, 0.29) is 108 Å². The number of nitrogens with one attached hydrogen (secondary N) is 2. The molecule has 4 heterocycles. The molecule has 25 nitrogen and oxygen atoms in total. The first-order valence-electron chi connectivity index (χ1n) is 37.8. The first kappa shape index (κ1) is 90.0. The van der Waals surface area contributed by atoms with Gasteiger partial charge in [-0.3, -0.25) is 38.4 Å². The summed E-state index contributed by atoms with van der Waals surface area (Å²) in [6.07, 6.45) is 1.75. The van der Waals surface area contributed by atoms with Gasteiger partial charge in [-0.05, 0) is 109 Å². The number of nitrogens with two attached hydrogens (primary N) is 1. The number of likely N-dealkylation sites (tertiary alicyclic amines) is 2. The molecule has 4 amide bonds. The summed E-state index contributed by atoms with van der Waals surface area (Å²) < 4.78 is 88.3. The second-order valence-electron chi connectivity index (χ2n) is 31.1. The van der Waals surface area contributed by atoms with Gasteiger partial charge >= 0.3 is 11.9 Å². The second-order valence-corrected chi connectivity index (χ2v) is 35.1. The number of pyridine rings is 2. The summed E-state index contributed by atoms with van der Waals surface area (Å²) in [6.45, 7) is 19.5. The fraction of sp³-hybridized carbons (Fsp3) is 0.379. The van der Waals surface area contributed by atoms with Gasteiger partial charge in [0.25, 0.3) is 0 Å². The van der Waals surface area contributed by atoms with E-state index in [4.69, 9.17) is 44.1 Å². The molecule has 2 saturated heterocycles. The molecule has 116 heavy (non-hydrogen) atoms. The zero-order valence-corrected chi connectivity index (χ0v) is 72.2. The molecule has 4 aliphatic rings. The number of aromatic nitrogens is 2. The van der Waals surface area contributed by atoms with Gasteiger partial charge < -0.3 is 54.6 Å². The van der Waals surface area contributed by atoms with Gasteiger partial charge in [0.05, 0.1) is 78.3 Å². The predicted octanol–water partition coefficient (Wildman–Crippen LogP) is 10.8. The maximum Gasteiger partial charge on any atom is 0.307 e. The molecule has 10 atom stereocenters. The summed E-state index contributed by atoms with van der Waals surface area (Å²) in [5, 5.41) is 7.06. The first-order chi connectivity index (χ1) is 54.1. The van der Waals surface area contributed by atoms with Crippen molar-refractivity contribution in [3.8, 4) is 45.5 Å². The van der Waals surface area contributed by atoms with Crippen molar-refractivity contribution >= 4 is 88.6 Å². The summed E-state index contributed by atoms with van der Waals surface area (Å²) in [5.74, 6) is -7.23. The van der Waals surface area contributed by atoms with Crippen molar-refractivity contribution in [3.05, 3.63) is 195 Å². The summed E-state index contributed by atoms with van der Waals surface area (Å²) in [5.41, 5.74) is 5.63. The molecule has 2 aromatic heterocycles. The minimum atomic E-state index is -4.03. The van der Waals surface area contributed by atoms with Gasteiger partial charge in [0, 0.05) is 123 Å². The van der Waals surface area contributed by atoms with Crippen molar-refractivity contribution in [2.45, 2.75) is 150 Å². The zero-order chi connectivity index (χ0) is 82.2. The van der Waals surface area contributed by atoms with Gasteiger partial charge in [-0.2, -0.15) is 0 Å². The molecule has 611 valence electrons. The first-order valence-corrected chi connectivity index (χ1v) is 41.1. The average Bonchev–Trinajstić information content (AvgIpc) is 1.58. The van der Waals surface area contributed by atoms with Crippen LogP contribution in [-0.2, 0) is 107 Å². The van der Waals surface area contributed by atoms with E-state index in [2.05, 4.69) is 23.8 Å². The third kappa shape index (κ3) is 21.3. The summed E-state index contributed by atoms with van der Waals surface area (Å²) in [6, 6.07) is 46.5. The molecule has 1 radical (unpaired) electrons. The van der Waals surface area contributed by atoms with E-state index in [0.29, 0.717) is 62.6 Å². The molecule has 4 fully saturated rings. The summed E-state index contributed by atoms with van der Waals surface area (Å²) in [7, 11) is -4.92. The summed E-state index contributed by atoms with van der Waals surface area (Å²) in [4.78, 5) is 124. The van der Waals surface area contributed by atoms with Crippen molar-refractivity contribution in [3.63, 3.8) is 0 Å². The number of fused-ring (bicyclic) bond motifs is 2. The Kier molecular flexibility index (Phi) is 29.2. The molecular formula is C87H97N7O18S2VW. The smallest absolute Gasteiger partial charge is 0.307 e. The van der Waals surface area contributed by atoms with Crippen LogP contribution in [0.25, 0.3) is 44.3 Å². The number of benzene rings is 6. The molecule has 2 aliphatic heterocycles. The predicted molar refractivity (Wildman–Crippen MR) is 429 cm³/mol. The number of ether oxygens (including phenoxy) is 6. The van der Waals surface area contributed by atoms with E-state index in [9.17, 15) is 55.2 Å². The standard InChI is InChI=1S/C44H49N3O9S.C43H48N4O9S.V.W/c1-7-28(21-40(49)56-43(3,4)5)42(51)47-26-32(55-38-24-35(29-15-11-9-12-16-29)45-36-22-31(54-6)19-20-34(36)38)23-37(47)41(50)46-44(25-30(44)8-2)39(48)27-57(52,53)33-17-13-10-14-18-33;1-6-29-23-43(29,38(48)26-57(52,53)32-15-11-8-12-16-32)46-40(50)36-21-31(25-47(36)41(51)28(24-44)19-39(49)56-42(2,3)4)55-37-22-34(27-13-9-7-10-14-27)45-35-20-30(54-5)17-18-33(35)37;;/h8-20,22,24,28,30,32,37H,2,7,21,23,25-27H2,1,3-6H3,(H,46,50);6-18,20,22,28-29,31,36H,1,19,21,23-26,44H2,2-5H3,(H,46,50);;/t28-,30-,32?,37+,44-;28-,29+,31?,36-,43+;;/m10../s1. The fourth-order valence-corrected chi connectivity index (χ4v) is 17.3. The number of hydrogen-bond donors (Lipinski definition) is 3. The van der Waals surface area contributed by atoms with E-state index in [1.165, 1.54) is 46.2 Å². The molecule has 6 aromatic carbocycles. The third-order valence-electron chi connectivity index (χ3n) is 20.7. The summed E-state index contributed by atoms with van der Waals surface area (Å²) >= 11 is 0. The topological polar surface area (TPSA) is 343 Å². The third-order valence-corrected chi connectivity index (χ3v) is 23.9. The van der Waals surface area contributed by atoms with E-state index in [1.54, 1.807) is 129 Å². The van der Waals surface area contributed by atoms with Crippen molar-refractivity contribution in [2.24, 2.45) is 29.4 Å². The monoisotopic (exact) mass is 1830 g/mol. The molecule has 2 unspecified atom stereocenters. The number of Topliss-reactive ketones (excluding diaryl/α,β-unsaturated/α-hetero) is 2. The van der Waals surface area contributed by atoms with Crippen molar-refractivity contribution in [1.82, 2.24) is 30.4 Å². The Bertz CT molecular complexity index is 4890. The van der Waals surface area contributed by atoms with Crippen molar-refractivity contribution < 1.29 is 123 Å². The number of methoxy groups -OCH3 is 2. The van der Waals surface area contributed by atoms with E-state index in [1.807, 2.05) is 78.9 Å². The van der Waals surface area contributed by atoms with Crippen molar-refractivity contribution in [2.75, 3.05) is 45.4 Å². The van der Waals surface area contributed by atoms with Gasteiger partial charge in [-0.25, -0.2) is 26.8 Å². The van der Waals surface area contributed by atoms with Crippen LogP contribution in [0.15, 0.2) is 205 Å². The van der Waals surface area contributed by atoms with Crippen LogP contribution in [0.1, 0.15) is 93.4 Å². The number of amides is 4. The van der Waals surface area contributed by atoms with Gasteiger partial charge in [0.2, 0.25) is 23.6 Å². The largest absolute Gasteiger partial charge is 0.497 e. The minimum absolute atomic E-state index is 0. The van der Waals surface area contributed by atoms with E-state index in [0.717, 1.165) is 11.1 Å². The number of rotatable bonds is 30. The molecule has 29 heteroatoms. The van der Waals surface area contributed by atoms with Gasteiger partial charge in [0.1, 0.15) is 81.1 Å². The molecular weight excluding hydrogens is 1730 g/mol. The van der Waals surface area contributed by atoms with Crippen LogP contribution in [-0.4, -0.2) is 176 Å². The number of esters is 2. The van der Waals surface area contributed by atoms with E-state index < -0.39 is 149 Å². The van der Waals surface area contributed by atoms with Crippen LogP contribution in [0, 0.1) is 23.7 Å². The number of nitrogens with zero attached hydrogens (tertiary/aromatic N) is 4. The van der Waals surface area contributed by atoms with Gasteiger partial charge in [0.15, 0.2) is 31.2 Å². The Balaban J connectivity index is 0.000000261. The maximum absolute atomic E-state index is 14.4. The second kappa shape index (κ2) is 37.6. The Morgan fingerprint density at radius 3 is 1.22 bits per heavy atom. The van der Waals surface area contributed by atoms with Crippen LogP contribution in [0.4, 0.5) is 0 Å². The Morgan fingerprint density at radius 1 is 0.543 bits per heavy atom. The van der Waals surface area contributed by atoms with Crippen molar-refractivity contribution in [1.29, 1.82) is 0 Å². The number of carbonyl (C=O) groups excluding carboxylic acids is 8. The Hall–Kier alpha value is -9.89. The van der Waals surface area contributed by atoms with Crippen LogP contribution in [0.2, 0.25) is 0 Å². The maximum atomic E-state index is 14.4. The van der Waals surface area contributed by atoms with Crippen LogP contribution >= 0.6 is 0 Å². The van der Waals surface area contributed by atoms with Crippen LogP contribution in [0.3, 0.4) is 0 Å². The van der Waals surface area contributed by atoms with E-state index >= 15 is 0 Å². The number of carbonyl (C=O) groups is 8. The SMILES string of the molecule is C=C[C@@H]1C[C@]1(NC(=O)[C@@H]1CC(Oc2cc(-c3ccccc3)nc3cc(OC)ccc23)CN1C(=O)[C@H](CC)CC(=O)OC(C)(C)C)C(=O)CS(=O)(=O)c1ccccc1.C=C[C@@H]1C[C@]1(NC(=O)[C@@H]1CC(Oc2cc(-c3ccccc3)nc3cc(OC)ccc23)CN1C(=O)[C@H](CN)CC(=O)OC(C)(C)C)C(=O)CS(=O)(=O)c1ccccc1.[V].[W]. The molecule has 2 aliphatic carbocycles. The van der Waals surface area contributed by atoms with Crippen LogP contribution in [0.5, 0.6) is 23.0 Å². The fourth-order valence-electron chi connectivity index (χ4n) is 14.6. The quantitative estimate of drug-likeness (QED) is 0.0278. The average molecular weight is 1830 g/mol. The number of ketones is 2. The van der Waals surface area contributed by atoms with Gasteiger partial charge in [-0.1, -0.05) is 116 Å². The Morgan fingerprint density at radius 2 is 0.897 bits per heavy atom. The molecule has 8 aromatic rings. The molecule has 0 spiro atoms.